The lowest BCUT2D eigenvalue weighted by molar-refractivity contribution is -0.120. The minimum Gasteiger partial charge on any atom is -0.507 e. The number of hydrogen-bond acceptors (Lipinski definition) is 11. The first-order valence-corrected chi connectivity index (χ1v) is 17.6. The van der Waals surface area contributed by atoms with E-state index < -0.39 is 59.8 Å². The van der Waals surface area contributed by atoms with E-state index in [0.717, 1.165) is 6.08 Å². The number of para-hydroxylation sites is 1. The van der Waals surface area contributed by atoms with Gasteiger partial charge in [-0.15, -0.1) is 0 Å². The predicted molar refractivity (Wildman–Crippen MR) is 197 cm³/mol. The standard InChI is InChI=1S/C39H52N4O10/c1-22-18-27-33(41-16-9-10-17-42-38(49)26-13-7-8-14-29(26)44)30(45)21-28(35(27)47)43-37(48)23(2)12-11-15-31(51-5)36(53-39(40)50)25(4)20-24(3)34(46)32(19-22)52-6/h7-8,11-15,20-22,24,31-32,34,36,41,44,46H,9-10,16-19H2,1-6H3,(H2,40,50)(H,42,49)(H,43,48)/b15-11-,23-12+,25-20+/t22-,24+,31+,32+,34-,36+/m1/s1. The molecule has 0 unspecified atom stereocenters. The van der Waals surface area contributed by atoms with Crippen molar-refractivity contribution >= 4 is 29.5 Å². The minimum atomic E-state index is -1.02. The van der Waals surface area contributed by atoms with E-state index in [-0.39, 0.29) is 46.2 Å². The number of rotatable bonds is 10. The van der Waals surface area contributed by atoms with Crippen molar-refractivity contribution in [1.82, 2.24) is 16.0 Å². The molecule has 53 heavy (non-hydrogen) atoms. The van der Waals surface area contributed by atoms with E-state index >= 15 is 0 Å². The average molecular weight is 737 g/mol. The predicted octanol–water partition coefficient (Wildman–Crippen LogP) is 3.27. The Morgan fingerprint density at radius 3 is 2.40 bits per heavy atom. The van der Waals surface area contributed by atoms with Crippen LogP contribution >= 0.6 is 0 Å². The summed E-state index contributed by atoms with van der Waals surface area (Å²) in [6.45, 7) is 7.56. The summed E-state index contributed by atoms with van der Waals surface area (Å²) in [7, 11) is 2.90. The highest BCUT2D eigenvalue weighted by molar-refractivity contribution is 6.23. The number of Topliss-reactive ketones (excluding diaryl/α,β-unsaturated/α-hetero) is 1. The van der Waals surface area contributed by atoms with Crippen LogP contribution in [0, 0.1) is 11.8 Å². The number of phenols is 1. The molecule has 0 saturated carbocycles. The molecule has 14 nitrogen and oxygen atoms in total. The lowest BCUT2D eigenvalue weighted by Gasteiger charge is -2.30. The van der Waals surface area contributed by atoms with E-state index in [4.69, 9.17) is 19.9 Å². The number of carbonyl (C=O) groups excluding carboxylic acids is 5. The van der Waals surface area contributed by atoms with Crippen molar-refractivity contribution in [3.05, 3.63) is 88.3 Å². The molecule has 0 saturated heterocycles. The third-order valence-corrected chi connectivity index (χ3v) is 9.13. The number of primary amides is 1. The molecular formula is C39H52N4O10. The van der Waals surface area contributed by atoms with Gasteiger partial charge >= 0.3 is 6.09 Å². The molecule has 288 valence electrons. The van der Waals surface area contributed by atoms with Crippen molar-refractivity contribution in [2.24, 2.45) is 17.6 Å². The first kappa shape index (κ1) is 42.4. The highest BCUT2D eigenvalue weighted by Crippen LogP contribution is 2.29. The Morgan fingerprint density at radius 2 is 1.74 bits per heavy atom. The molecule has 6 atom stereocenters. The van der Waals surface area contributed by atoms with E-state index in [9.17, 15) is 34.2 Å². The zero-order valence-electron chi connectivity index (χ0n) is 31.1. The molecule has 0 aromatic heterocycles. The van der Waals surface area contributed by atoms with Gasteiger partial charge in [0.1, 0.15) is 11.9 Å². The normalized spacial score (nSPS) is 27.4. The van der Waals surface area contributed by atoms with Crippen molar-refractivity contribution in [3.63, 3.8) is 0 Å². The third-order valence-electron chi connectivity index (χ3n) is 9.13. The van der Waals surface area contributed by atoms with Crippen molar-refractivity contribution in [1.29, 1.82) is 0 Å². The highest BCUT2D eigenvalue weighted by Gasteiger charge is 2.33. The number of ketones is 2. The van der Waals surface area contributed by atoms with Crippen LogP contribution < -0.4 is 21.7 Å². The first-order valence-electron chi connectivity index (χ1n) is 17.6. The second kappa shape index (κ2) is 20.3. The molecule has 7 N–H and O–H groups in total. The Kier molecular flexibility index (Phi) is 16.2. The number of benzene rings is 1. The molecule has 0 fully saturated rings. The molecule has 1 aliphatic heterocycles. The molecule has 1 aromatic carbocycles. The second-order valence-electron chi connectivity index (χ2n) is 13.3. The van der Waals surface area contributed by atoms with Crippen LogP contribution in [0.3, 0.4) is 0 Å². The van der Waals surface area contributed by atoms with Gasteiger partial charge in [0.25, 0.3) is 11.8 Å². The Hall–Kier alpha value is -5.05. The number of methoxy groups -OCH3 is 2. The molecule has 3 amide bonds. The second-order valence-corrected chi connectivity index (χ2v) is 13.3. The van der Waals surface area contributed by atoms with Crippen molar-refractivity contribution in [3.8, 4) is 5.75 Å². The average Bonchev–Trinajstić information content (AvgIpc) is 3.11. The lowest BCUT2D eigenvalue weighted by atomic mass is 9.85. The molecular weight excluding hydrogens is 684 g/mol. The Labute approximate surface area is 310 Å². The maximum absolute atomic E-state index is 13.9. The zero-order chi connectivity index (χ0) is 39.2. The number of nitrogens with one attached hydrogen (secondary N) is 3. The van der Waals surface area contributed by atoms with Gasteiger partial charge in [0.2, 0.25) is 11.6 Å². The lowest BCUT2D eigenvalue weighted by Crippen LogP contribution is -2.38. The van der Waals surface area contributed by atoms with Gasteiger partial charge in [0.15, 0.2) is 6.10 Å². The smallest absolute Gasteiger partial charge is 0.405 e. The molecule has 1 aliphatic carbocycles. The summed E-state index contributed by atoms with van der Waals surface area (Å²) in [5, 5.41) is 29.7. The largest absolute Gasteiger partial charge is 0.507 e. The fourth-order valence-electron chi connectivity index (χ4n) is 6.20. The number of nitrogens with two attached hydrogens (primary N) is 1. The van der Waals surface area contributed by atoms with Crippen molar-refractivity contribution in [2.75, 3.05) is 27.3 Å². The van der Waals surface area contributed by atoms with Crippen LogP contribution in [-0.4, -0.2) is 91.4 Å². The third kappa shape index (κ3) is 12.0. The number of unbranched alkanes of at least 4 members (excludes halogenated alkanes) is 1. The number of aliphatic hydroxyl groups excluding tert-OH is 1. The quantitative estimate of drug-likeness (QED) is 0.116. The van der Waals surface area contributed by atoms with Crippen LogP contribution in [0.5, 0.6) is 5.75 Å². The van der Waals surface area contributed by atoms with Crippen LogP contribution in [0.1, 0.15) is 63.7 Å². The van der Waals surface area contributed by atoms with Crippen molar-refractivity contribution < 1.29 is 48.4 Å². The van der Waals surface area contributed by atoms with Gasteiger partial charge in [-0.25, -0.2) is 4.79 Å². The molecule has 2 aliphatic rings. The molecule has 1 heterocycles. The Balaban J connectivity index is 1.88. The molecule has 0 spiro atoms. The number of hydrogen-bond donors (Lipinski definition) is 6. The SMILES string of the molecule is CO[C@H]1/C=C\C=C(/C)C(=O)NC2=CC(=O)C(NCCCCNC(=O)c3ccccc3O)=C(C[C@@H](C)C[C@H](OC)[C@H](O)[C@@H](C)/C=C(\C)[C@@H]1OC(N)=O)C2=O. The first-order chi connectivity index (χ1) is 25.2. The maximum atomic E-state index is 13.9. The fraction of sp³-hybridized carbons (Fsp3) is 0.462. The summed E-state index contributed by atoms with van der Waals surface area (Å²) in [4.78, 5) is 64.8. The van der Waals surface area contributed by atoms with Gasteiger partial charge in [-0.1, -0.05) is 50.3 Å². The molecule has 14 heteroatoms. The number of amides is 3. The topological polar surface area (TPSA) is 216 Å². The van der Waals surface area contributed by atoms with Gasteiger partial charge in [-0.3, -0.25) is 19.2 Å². The highest BCUT2D eigenvalue weighted by atomic mass is 16.6. The summed E-state index contributed by atoms with van der Waals surface area (Å²) in [5.74, 6) is -2.88. The number of allylic oxidation sites excluding steroid dienone is 4. The monoisotopic (exact) mass is 736 g/mol. The van der Waals surface area contributed by atoms with Gasteiger partial charge in [0.05, 0.1) is 29.2 Å². The number of carbonyl (C=O) groups is 5. The van der Waals surface area contributed by atoms with Crippen LogP contribution in [0.2, 0.25) is 0 Å². The molecule has 0 radical (unpaired) electrons. The van der Waals surface area contributed by atoms with Crippen LogP contribution in [0.25, 0.3) is 0 Å². The van der Waals surface area contributed by atoms with E-state index in [1.165, 1.54) is 45.4 Å². The van der Waals surface area contributed by atoms with Gasteiger partial charge < -0.3 is 46.1 Å². The maximum Gasteiger partial charge on any atom is 0.405 e. The molecule has 2 bridgehead atoms. The number of aliphatic hydroxyl groups is 1. The van der Waals surface area contributed by atoms with Gasteiger partial charge in [0, 0.05) is 50.4 Å². The van der Waals surface area contributed by atoms with Crippen LogP contribution in [0.15, 0.2) is 82.8 Å². The summed E-state index contributed by atoms with van der Waals surface area (Å²) < 4.78 is 16.7. The zero-order valence-corrected chi connectivity index (χ0v) is 31.1. The number of aromatic hydroxyl groups is 1. The summed E-state index contributed by atoms with van der Waals surface area (Å²) in [6, 6.07) is 6.23. The van der Waals surface area contributed by atoms with Crippen LogP contribution in [0.4, 0.5) is 4.79 Å². The van der Waals surface area contributed by atoms with E-state index in [1.54, 1.807) is 38.1 Å². The Morgan fingerprint density at radius 1 is 1.04 bits per heavy atom. The van der Waals surface area contributed by atoms with E-state index in [1.807, 2.05) is 6.92 Å². The Bertz CT molecular complexity index is 1680. The van der Waals surface area contributed by atoms with Gasteiger partial charge in [-0.05, 0) is 63.2 Å². The summed E-state index contributed by atoms with van der Waals surface area (Å²) in [5.41, 5.74) is 6.46. The fourth-order valence-corrected chi connectivity index (χ4v) is 6.20. The number of fused-ring (bicyclic) bond motifs is 2. The number of ether oxygens (including phenoxy) is 3. The van der Waals surface area contributed by atoms with Crippen molar-refractivity contribution in [2.45, 2.75) is 77.8 Å². The minimum absolute atomic E-state index is 0.115. The summed E-state index contributed by atoms with van der Waals surface area (Å²) in [6.07, 6.45) is 4.51. The number of phenolic OH excluding ortho intramolecular Hbond substituents is 1. The molecule has 1 aromatic rings. The summed E-state index contributed by atoms with van der Waals surface area (Å²) >= 11 is 0. The van der Waals surface area contributed by atoms with E-state index in [0.29, 0.717) is 37.9 Å². The molecule has 3 rings (SSSR count). The van der Waals surface area contributed by atoms with E-state index in [2.05, 4.69) is 16.0 Å². The van der Waals surface area contributed by atoms with Gasteiger partial charge in [-0.2, -0.15) is 0 Å². The van der Waals surface area contributed by atoms with Crippen LogP contribution in [-0.2, 0) is 28.6 Å².